The van der Waals surface area contributed by atoms with Gasteiger partial charge in [-0.2, -0.15) is 4.98 Å². The van der Waals surface area contributed by atoms with Gasteiger partial charge in [0.25, 0.3) is 0 Å². The van der Waals surface area contributed by atoms with Crippen LogP contribution < -0.4 is 0 Å². The van der Waals surface area contributed by atoms with E-state index in [1.54, 1.807) is 0 Å². The average molecular weight is 239 g/mol. The van der Waals surface area contributed by atoms with Crippen LogP contribution in [0.15, 0.2) is 4.52 Å². The molecule has 96 valence electrons. The van der Waals surface area contributed by atoms with Crippen molar-refractivity contribution in [3.8, 4) is 0 Å². The Balaban J connectivity index is 1.91. The largest absolute Gasteiger partial charge is 0.379 e. The van der Waals surface area contributed by atoms with Crippen LogP contribution >= 0.6 is 0 Å². The van der Waals surface area contributed by atoms with Crippen molar-refractivity contribution in [3.63, 3.8) is 0 Å². The van der Waals surface area contributed by atoms with Crippen LogP contribution in [-0.4, -0.2) is 40.8 Å². The molecule has 1 saturated heterocycles. The Labute approximate surface area is 102 Å². The van der Waals surface area contributed by atoms with Crippen molar-refractivity contribution < 1.29 is 9.26 Å². The Morgan fingerprint density at radius 2 is 2.29 bits per heavy atom. The van der Waals surface area contributed by atoms with E-state index in [-0.39, 0.29) is 0 Å². The lowest BCUT2D eigenvalue weighted by molar-refractivity contribution is -0.00852. The second kappa shape index (κ2) is 5.60. The van der Waals surface area contributed by atoms with E-state index in [9.17, 15) is 0 Å². The van der Waals surface area contributed by atoms with E-state index in [0.29, 0.717) is 12.0 Å². The minimum absolute atomic E-state index is 0.421. The van der Waals surface area contributed by atoms with Crippen LogP contribution in [0.5, 0.6) is 0 Å². The molecule has 1 aliphatic heterocycles. The molecule has 0 spiro atoms. The van der Waals surface area contributed by atoms with Gasteiger partial charge in [-0.05, 0) is 12.8 Å². The Bertz CT molecular complexity index is 351. The highest BCUT2D eigenvalue weighted by molar-refractivity contribution is 4.88. The van der Waals surface area contributed by atoms with Crippen molar-refractivity contribution in [2.75, 3.05) is 19.8 Å². The summed E-state index contributed by atoms with van der Waals surface area (Å²) in [5.74, 6) is 2.09. The Kier molecular flexibility index (Phi) is 4.12. The Morgan fingerprint density at radius 3 is 3.00 bits per heavy atom. The van der Waals surface area contributed by atoms with Gasteiger partial charge in [-0.1, -0.05) is 19.0 Å². The average Bonchev–Trinajstić information content (AvgIpc) is 2.68. The van der Waals surface area contributed by atoms with Gasteiger partial charge in [-0.3, -0.25) is 4.90 Å². The number of hydrogen-bond donors (Lipinski definition) is 0. The molecule has 1 aromatic heterocycles. The predicted octanol–water partition coefficient (Wildman–Crippen LogP) is 1.49. The van der Waals surface area contributed by atoms with E-state index in [1.165, 1.54) is 0 Å². The maximum atomic E-state index is 5.40. The van der Waals surface area contributed by atoms with Crippen LogP contribution in [-0.2, 0) is 17.7 Å². The third kappa shape index (κ3) is 3.51. The predicted molar refractivity (Wildman–Crippen MR) is 63.5 cm³/mol. The van der Waals surface area contributed by atoms with Gasteiger partial charge in [0.05, 0.1) is 19.8 Å². The van der Waals surface area contributed by atoms with Gasteiger partial charge in [-0.15, -0.1) is 0 Å². The highest BCUT2D eigenvalue weighted by Gasteiger charge is 2.21. The zero-order valence-electron chi connectivity index (χ0n) is 10.8. The lowest BCUT2D eigenvalue weighted by Gasteiger charge is -2.31. The summed E-state index contributed by atoms with van der Waals surface area (Å²) in [5.41, 5.74) is 0. The minimum Gasteiger partial charge on any atom is -0.379 e. The lowest BCUT2D eigenvalue weighted by atomic mass is 10.1. The number of nitrogens with zero attached hydrogens (tertiary/aromatic N) is 3. The van der Waals surface area contributed by atoms with Crippen molar-refractivity contribution >= 4 is 0 Å². The monoisotopic (exact) mass is 239 g/mol. The third-order valence-corrected chi connectivity index (χ3v) is 2.94. The molecule has 0 N–H and O–H groups in total. The molecule has 1 fully saturated rings. The van der Waals surface area contributed by atoms with E-state index in [0.717, 1.165) is 44.4 Å². The van der Waals surface area contributed by atoms with Gasteiger partial charge in [0, 0.05) is 19.0 Å². The molecule has 5 nitrogen and oxygen atoms in total. The molecule has 17 heavy (non-hydrogen) atoms. The molecule has 0 aliphatic carbocycles. The van der Waals surface area contributed by atoms with Crippen LogP contribution in [0.25, 0.3) is 0 Å². The smallest absolute Gasteiger partial charge is 0.240 e. The summed E-state index contributed by atoms with van der Waals surface area (Å²) in [5, 5.41) is 4.00. The molecule has 0 saturated carbocycles. The molecule has 0 bridgehead atoms. The number of ether oxygens (including phenoxy) is 1. The zero-order valence-corrected chi connectivity index (χ0v) is 10.8. The molecule has 5 heteroatoms. The first-order chi connectivity index (χ1) is 8.15. The zero-order chi connectivity index (χ0) is 12.3. The second-order valence-corrected chi connectivity index (χ2v) is 5.10. The van der Waals surface area contributed by atoms with E-state index >= 15 is 0 Å². The van der Waals surface area contributed by atoms with E-state index in [4.69, 9.17) is 9.26 Å². The van der Waals surface area contributed by atoms with Gasteiger partial charge in [-0.25, -0.2) is 0 Å². The molecular weight excluding hydrogens is 218 g/mol. The number of morpholine rings is 1. The van der Waals surface area contributed by atoms with Crippen LogP contribution in [0.4, 0.5) is 0 Å². The first kappa shape index (κ1) is 12.5. The summed E-state index contributed by atoms with van der Waals surface area (Å²) >= 11 is 0. The first-order valence-corrected chi connectivity index (χ1v) is 6.28. The second-order valence-electron chi connectivity index (χ2n) is 5.10. The summed E-state index contributed by atoms with van der Waals surface area (Å²) in [4.78, 5) is 6.73. The van der Waals surface area contributed by atoms with Crippen molar-refractivity contribution in [2.24, 2.45) is 5.92 Å². The van der Waals surface area contributed by atoms with Crippen molar-refractivity contribution in [1.82, 2.24) is 15.0 Å². The summed E-state index contributed by atoms with van der Waals surface area (Å²) < 4.78 is 10.7. The van der Waals surface area contributed by atoms with Gasteiger partial charge >= 0.3 is 0 Å². The number of hydrogen-bond acceptors (Lipinski definition) is 5. The van der Waals surface area contributed by atoms with Crippen LogP contribution in [0, 0.1) is 5.92 Å². The van der Waals surface area contributed by atoms with Crippen molar-refractivity contribution in [3.05, 3.63) is 11.7 Å². The SMILES string of the molecule is CC(C)Cc1noc(CN2CCOCC2C)n1. The van der Waals surface area contributed by atoms with Gasteiger partial charge in [0.15, 0.2) is 5.82 Å². The highest BCUT2D eigenvalue weighted by Crippen LogP contribution is 2.11. The van der Waals surface area contributed by atoms with Gasteiger partial charge < -0.3 is 9.26 Å². The molecule has 1 atom stereocenters. The van der Waals surface area contributed by atoms with E-state index < -0.39 is 0 Å². The van der Waals surface area contributed by atoms with Crippen LogP contribution in [0.3, 0.4) is 0 Å². The lowest BCUT2D eigenvalue weighted by Crippen LogP contribution is -2.42. The minimum atomic E-state index is 0.421. The highest BCUT2D eigenvalue weighted by atomic mass is 16.5. The molecule has 0 aromatic carbocycles. The first-order valence-electron chi connectivity index (χ1n) is 6.28. The third-order valence-electron chi connectivity index (χ3n) is 2.94. The van der Waals surface area contributed by atoms with Crippen LogP contribution in [0.1, 0.15) is 32.5 Å². The summed E-state index contributed by atoms with van der Waals surface area (Å²) in [6.45, 7) is 9.70. The molecule has 0 amide bonds. The molecule has 1 aliphatic rings. The summed E-state index contributed by atoms with van der Waals surface area (Å²) in [6, 6.07) is 0.421. The summed E-state index contributed by atoms with van der Waals surface area (Å²) in [6.07, 6.45) is 0.877. The molecule has 2 rings (SSSR count). The Morgan fingerprint density at radius 1 is 1.47 bits per heavy atom. The van der Waals surface area contributed by atoms with Crippen molar-refractivity contribution in [1.29, 1.82) is 0 Å². The Hall–Kier alpha value is -0.940. The maximum absolute atomic E-state index is 5.40. The molecule has 1 aromatic rings. The fraction of sp³-hybridized carbons (Fsp3) is 0.833. The fourth-order valence-corrected chi connectivity index (χ4v) is 1.97. The summed E-state index contributed by atoms with van der Waals surface area (Å²) in [7, 11) is 0. The van der Waals surface area contributed by atoms with Gasteiger partial charge in [0.2, 0.25) is 5.89 Å². The van der Waals surface area contributed by atoms with Crippen LogP contribution in [0.2, 0.25) is 0 Å². The quantitative estimate of drug-likeness (QED) is 0.796. The molecule has 0 radical (unpaired) electrons. The maximum Gasteiger partial charge on any atom is 0.240 e. The molecular formula is C12H21N3O2. The fourth-order valence-electron chi connectivity index (χ4n) is 1.97. The molecule has 2 heterocycles. The number of aromatic nitrogens is 2. The van der Waals surface area contributed by atoms with E-state index in [1.807, 2.05) is 0 Å². The number of rotatable bonds is 4. The van der Waals surface area contributed by atoms with E-state index in [2.05, 4.69) is 35.8 Å². The topological polar surface area (TPSA) is 51.4 Å². The normalized spacial score (nSPS) is 22.2. The van der Waals surface area contributed by atoms with Gasteiger partial charge in [0.1, 0.15) is 0 Å². The van der Waals surface area contributed by atoms with Crippen molar-refractivity contribution in [2.45, 2.75) is 39.8 Å². The standard InChI is InChI=1S/C12H21N3O2/c1-9(2)6-11-13-12(17-14-11)7-15-4-5-16-8-10(15)3/h9-10H,4-8H2,1-3H3. The molecule has 1 unspecified atom stereocenters.